The Kier molecular flexibility index (Phi) is 33.9. The number of likely N-dealkylation sites (N-methyl/N-ethyl adjacent to an activating group) is 3. The molecular formula is C111H134N20O11S2. The van der Waals surface area contributed by atoms with Crippen LogP contribution in [0.3, 0.4) is 0 Å². The number of allylic oxidation sites excluding steroid dienone is 3. The number of hydrogen-bond acceptors (Lipinski definition) is 23. The monoisotopic (exact) mass is 1990 g/mol. The number of sulfonamides is 2. The topological polar surface area (TPSA) is 343 Å². The van der Waals surface area contributed by atoms with Gasteiger partial charge in [0.2, 0.25) is 37.1 Å². The Morgan fingerprint density at radius 2 is 0.757 bits per heavy atom. The molecule has 0 bridgehead atoms. The van der Waals surface area contributed by atoms with Crippen molar-refractivity contribution in [2.75, 3.05) is 86.2 Å². The zero-order chi connectivity index (χ0) is 104. The number of aliphatic hydroxyl groups excluding tert-OH is 1. The van der Waals surface area contributed by atoms with Crippen molar-refractivity contribution >= 4 is 106 Å². The molecule has 0 saturated heterocycles. The van der Waals surface area contributed by atoms with Gasteiger partial charge in [0, 0.05) is 91.7 Å². The SMILES string of the molecule is [C-]#[N+]C1=C(C(=O)OC2C(C)CC(C)CC2C)c2nc(-c3ccc(C)cc3)nn2C1=Nc1ccc(N(CC)CCNS(C)(=O)=O)cc1C.[C-]#[N+]C1=C(C(=O)OC2C(C)CC(C)CC2C)c2nc(-c3ccc(C)cc3)nn2C1=Nc1ccc(N(CC)CCO)cc1C.[C-]#[N+]C1=C(C(=O)Oc2ccc(C(C)(C)CC)cc2C(C)(C)CC)c2nc(-c3ccc(C)cc3)nn2C1=Nc1ccc(N(CC)CCNS(C)(=O)=O)cc1C. The van der Waals surface area contributed by atoms with Crippen molar-refractivity contribution in [2.24, 2.45) is 50.5 Å². The molecule has 144 heavy (non-hydrogen) atoms. The number of nitrogens with one attached hydrogen (secondary N) is 2. The van der Waals surface area contributed by atoms with Gasteiger partial charge in [0.1, 0.15) is 34.7 Å². The van der Waals surface area contributed by atoms with Crippen LogP contribution in [0.5, 0.6) is 5.75 Å². The number of carbonyl (C=O) groups is 3. The lowest BCUT2D eigenvalue weighted by molar-refractivity contribution is -0.151. The van der Waals surface area contributed by atoms with Crippen LogP contribution in [-0.4, -0.2) is 185 Å². The number of hydrogen-bond donors (Lipinski definition) is 3. The third kappa shape index (κ3) is 24.5. The molecule has 31 nitrogen and oxygen atoms in total. The first-order valence-corrected chi connectivity index (χ1v) is 53.3. The molecule has 0 spiro atoms. The molecule has 33 heteroatoms. The van der Waals surface area contributed by atoms with Gasteiger partial charge in [-0.25, -0.2) is 99.2 Å². The van der Waals surface area contributed by atoms with E-state index >= 15 is 0 Å². The van der Waals surface area contributed by atoms with E-state index in [2.05, 4.69) is 128 Å². The van der Waals surface area contributed by atoms with Crippen molar-refractivity contribution in [1.29, 1.82) is 0 Å². The molecule has 756 valence electrons. The maximum Gasteiger partial charge on any atom is 0.336 e. The number of fused-ring (bicyclic) bond motifs is 3. The van der Waals surface area contributed by atoms with Crippen molar-refractivity contribution in [1.82, 2.24) is 53.7 Å². The van der Waals surface area contributed by atoms with E-state index in [1.54, 1.807) is 0 Å². The first kappa shape index (κ1) is 108. The summed E-state index contributed by atoms with van der Waals surface area (Å²) < 4.78 is 74.4. The summed E-state index contributed by atoms with van der Waals surface area (Å²) in [5.41, 5.74) is 14.8. The second-order valence-corrected chi connectivity index (χ2v) is 43.7. The summed E-state index contributed by atoms with van der Waals surface area (Å²) >= 11 is 0. The molecule has 0 amide bonds. The van der Waals surface area contributed by atoms with E-state index in [0.717, 1.165) is 136 Å². The Labute approximate surface area is 847 Å². The summed E-state index contributed by atoms with van der Waals surface area (Å²) in [4.78, 5) is 88.9. The van der Waals surface area contributed by atoms with Crippen LogP contribution < -0.4 is 28.9 Å². The zero-order valence-corrected chi connectivity index (χ0v) is 88.6. The average molecular weight is 1990 g/mol. The number of aromatic nitrogens is 9. The molecule has 3 N–H and O–H groups in total. The molecule has 7 aromatic carbocycles. The van der Waals surface area contributed by atoms with Crippen LogP contribution in [0.1, 0.15) is 204 Å². The van der Waals surface area contributed by atoms with E-state index in [1.807, 2.05) is 202 Å². The smallest absolute Gasteiger partial charge is 0.336 e. The van der Waals surface area contributed by atoms with Crippen molar-refractivity contribution in [3.8, 4) is 39.9 Å². The Morgan fingerprint density at radius 3 is 1.04 bits per heavy atom. The number of benzene rings is 7. The predicted molar refractivity (Wildman–Crippen MR) is 571 cm³/mol. The summed E-state index contributed by atoms with van der Waals surface area (Å²) in [6, 6.07) is 46.7. The van der Waals surface area contributed by atoms with Crippen molar-refractivity contribution in [2.45, 2.75) is 207 Å². The van der Waals surface area contributed by atoms with E-state index < -0.39 is 38.0 Å². The zero-order valence-electron chi connectivity index (χ0n) is 87.0. The molecule has 4 atom stereocenters. The van der Waals surface area contributed by atoms with Crippen molar-refractivity contribution < 1.29 is 50.5 Å². The van der Waals surface area contributed by atoms with E-state index in [0.29, 0.717) is 84.8 Å². The van der Waals surface area contributed by atoms with E-state index in [-0.39, 0.29) is 135 Å². The van der Waals surface area contributed by atoms with E-state index in [1.165, 1.54) is 14.0 Å². The average Bonchev–Trinajstić information content (AvgIpc) is 1.59. The third-order valence-electron chi connectivity index (χ3n) is 27.9. The lowest BCUT2D eigenvalue weighted by Gasteiger charge is -2.37. The highest BCUT2D eigenvalue weighted by atomic mass is 32.2. The van der Waals surface area contributed by atoms with Gasteiger partial charge in [0.15, 0.2) is 52.5 Å². The van der Waals surface area contributed by atoms with E-state index in [9.17, 15) is 36.3 Å². The molecule has 4 unspecified atom stereocenters. The number of esters is 3. The first-order chi connectivity index (χ1) is 68.4. The van der Waals surface area contributed by atoms with Gasteiger partial charge >= 0.3 is 17.9 Å². The van der Waals surface area contributed by atoms with E-state index in [4.69, 9.17) is 79.2 Å². The molecule has 2 fully saturated rings. The number of ether oxygens (including phenoxy) is 3. The molecule has 15 rings (SSSR count). The summed E-state index contributed by atoms with van der Waals surface area (Å²) in [6.45, 7) is 72.4. The first-order valence-electron chi connectivity index (χ1n) is 49.5. The number of aryl methyl sites for hydroxylation is 6. The maximum atomic E-state index is 14.4. The second kappa shape index (κ2) is 45.5. The highest BCUT2D eigenvalue weighted by Gasteiger charge is 2.45. The van der Waals surface area contributed by atoms with Crippen LogP contribution in [0.4, 0.5) is 34.1 Å². The summed E-state index contributed by atoms with van der Waals surface area (Å²) in [5, 5.41) is 23.7. The fraction of sp³-hybridized carbons (Fsp3) is 0.432. The summed E-state index contributed by atoms with van der Waals surface area (Å²) in [7, 11) is -6.59. The van der Waals surface area contributed by atoms with Crippen LogP contribution in [-0.2, 0) is 54.7 Å². The number of anilines is 3. The molecule has 0 radical (unpaired) electrons. The van der Waals surface area contributed by atoms with Crippen molar-refractivity contribution in [3.05, 3.63) is 259 Å². The minimum absolute atomic E-state index is 0.00219. The molecule has 6 heterocycles. The largest absolute Gasteiger partial charge is 0.459 e. The van der Waals surface area contributed by atoms with Gasteiger partial charge in [-0.2, -0.15) is 0 Å². The Bertz CT molecular complexity index is 7060. The maximum absolute atomic E-state index is 14.4. The summed E-state index contributed by atoms with van der Waals surface area (Å²) in [6.07, 6.45) is 7.45. The van der Waals surface area contributed by atoms with Crippen LogP contribution in [0, 0.1) is 96.8 Å². The minimum Gasteiger partial charge on any atom is -0.459 e. The molecule has 3 aromatic heterocycles. The standard InChI is InChI=1S/C42H51N7O4S.C35H43N7O4S.C34H40N6O3/c1-12-41(6,7)30-19-22-34(32(26-30)42(8,9)13-2)53-40(50)35-36(43-10)39(49-38(35)46-37(47-49)29-17-15-27(4)16-18-29)45-33-21-20-31(25-28(33)5)48(14-3)24-23-44-54(11,51)52;1-9-41(17-16-37-47(8,44)45)27-14-15-28(23(4)20-27)38-34-30(36-7)29(35(43)46-31-24(5)18-22(3)19-25(31)6)33-39-32(40-42(33)34)26-12-10-21(2)11-13-26;1-8-39(15-16-41)26-13-14-27(22(4)19-26)36-33-29(35-7)28(34(42)43-30-23(5)17-21(3)18-24(30)6)32-37-31(38-40(32)33)25-11-9-20(2)10-12-25/h15-22,25-26,44H,12-14,23-24H2,1-9,11H3;10-15,20,22,24-25,31,37H,9,16-19H2,1-6,8H3;9-14,19,21,23-24,30,41H,8,15-18H2,1-6H3. The minimum atomic E-state index is -3.31. The number of nitrogens with zero attached hydrogens (tertiary/aromatic N) is 18. The molecule has 2 aliphatic carbocycles. The van der Waals surface area contributed by atoms with Crippen LogP contribution in [0.25, 0.3) is 65.4 Å². The van der Waals surface area contributed by atoms with Gasteiger partial charge in [-0.1, -0.05) is 185 Å². The predicted octanol–water partition coefficient (Wildman–Crippen LogP) is 20.1. The number of carbonyl (C=O) groups excluding carboxylic acids is 3. The van der Waals surface area contributed by atoms with Crippen molar-refractivity contribution in [3.63, 3.8) is 0 Å². The Hall–Kier alpha value is -13.8. The normalized spacial score (nSPS) is 19.1. The number of aliphatic imine (C=N–C) groups is 3. The fourth-order valence-electron chi connectivity index (χ4n) is 19.3. The van der Waals surface area contributed by atoms with Crippen LogP contribution in [0.2, 0.25) is 0 Å². The van der Waals surface area contributed by atoms with Gasteiger partial charge in [-0.3, -0.25) is 0 Å². The Morgan fingerprint density at radius 1 is 0.444 bits per heavy atom. The molecule has 5 aliphatic rings. The molecular weight excluding hydrogens is 1850 g/mol. The van der Waals surface area contributed by atoms with Gasteiger partial charge in [-0.15, -0.1) is 15.3 Å². The number of rotatable bonds is 32. The highest BCUT2D eigenvalue weighted by Crippen LogP contribution is 2.45. The number of aliphatic hydroxyl groups is 1. The summed E-state index contributed by atoms with van der Waals surface area (Å²) in [5.74, 6) is 3.10. The lowest BCUT2D eigenvalue weighted by atomic mass is 9.75. The van der Waals surface area contributed by atoms with Gasteiger partial charge in [0.25, 0.3) is 0 Å². The fourth-order valence-corrected chi connectivity index (χ4v) is 20.2. The van der Waals surface area contributed by atoms with Crippen LogP contribution in [0.15, 0.2) is 178 Å². The van der Waals surface area contributed by atoms with Crippen LogP contribution >= 0.6 is 0 Å². The Balaban J connectivity index is 0.000000182. The van der Waals surface area contributed by atoms with Gasteiger partial charge < -0.3 is 34.0 Å². The van der Waals surface area contributed by atoms with Gasteiger partial charge in [0.05, 0.1) is 55.9 Å². The second-order valence-electron chi connectivity index (χ2n) is 40.0. The third-order valence-corrected chi connectivity index (χ3v) is 29.4. The molecule has 2 saturated carbocycles. The van der Waals surface area contributed by atoms with Gasteiger partial charge in [-0.05, 0) is 230 Å². The quantitative estimate of drug-likeness (QED) is 0.0200. The molecule has 10 aromatic rings. The lowest BCUT2D eigenvalue weighted by Crippen LogP contribution is -2.37. The molecule has 3 aliphatic heterocycles. The highest BCUT2D eigenvalue weighted by molar-refractivity contribution is 7.89.